The fraction of sp³-hybridized carbons (Fsp3) is 0.231. The van der Waals surface area contributed by atoms with Gasteiger partial charge in [0.15, 0.2) is 0 Å². The van der Waals surface area contributed by atoms with Gasteiger partial charge >= 0.3 is 0 Å². The van der Waals surface area contributed by atoms with Crippen molar-refractivity contribution in [3.63, 3.8) is 0 Å². The standard InChI is InChI=1S/C13H12BrClO2/c1-2-11(16)13-6-5-12(17-13)9-4-3-8(14)7-10(9)15/h3-7,11,16H,2H2,1H3. The predicted octanol–water partition coefficient (Wildman–Crippen LogP) is 4.81. The van der Waals surface area contributed by atoms with Crippen molar-refractivity contribution in [2.75, 3.05) is 0 Å². The Labute approximate surface area is 113 Å². The third-order valence-electron chi connectivity index (χ3n) is 2.54. The summed E-state index contributed by atoms with van der Waals surface area (Å²) < 4.78 is 6.52. The molecule has 4 heteroatoms. The maximum Gasteiger partial charge on any atom is 0.135 e. The van der Waals surface area contributed by atoms with E-state index in [4.69, 9.17) is 16.0 Å². The Morgan fingerprint density at radius 1 is 1.35 bits per heavy atom. The molecule has 0 radical (unpaired) electrons. The molecule has 0 spiro atoms. The smallest absolute Gasteiger partial charge is 0.135 e. The molecule has 90 valence electrons. The summed E-state index contributed by atoms with van der Waals surface area (Å²) in [5, 5.41) is 10.3. The fourth-order valence-corrected chi connectivity index (χ4v) is 2.33. The van der Waals surface area contributed by atoms with E-state index >= 15 is 0 Å². The minimum atomic E-state index is -0.557. The lowest BCUT2D eigenvalue weighted by molar-refractivity contribution is 0.147. The van der Waals surface area contributed by atoms with E-state index in [2.05, 4.69) is 15.9 Å². The van der Waals surface area contributed by atoms with Gasteiger partial charge in [0.05, 0.1) is 5.02 Å². The zero-order chi connectivity index (χ0) is 12.4. The van der Waals surface area contributed by atoms with Crippen molar-refractivity contribution in [1.82, 2.24) is 0 Å². The van der Waals surface area contributed by atoms with Gasteiger partial charge in [-0.25, -0.2) is 0 Å². The molecule has 1 N–H and O–H groups in total. The number of aliphatic hydroxyl groups is 1. The molecule has 0 aliphatic carbocycles. The molecule has 1 unspecified atom stereocenters. The Morgan fingerprint density at radius 3 is 2.76 bits per heavy atom. The van der Waals surface area contributed by atoms with Crippen molar-refractivity contribution >= 4 is 27.5 Å². The third kappa shape index (κ3) is 2.73. The van der Waals surface area contributed by atoms with Crippen molar-refractivity contribution in [2.45, 2.75) is 19.4 Å². The second-order valence-electron chi connectivity index (χ2n) is 3.75. The topological polar surface area (TPSA) is 33.4 Å². The molecule has 0 aliphatic heterocycles. The Bertz CT molecular complexity index is 522. The summed E-state index contributed by atoms with van der Waals surface area (Å²) in [5.41, 5.74) is 0.824. The first-order chi connectivity index (χ1) is 8.11. The van der Waals surface area contributed by atoms with Gasteiger partial charge in [-0.1, -0.05) is 34.5 Å². The fourth-order valence-electron chi connectivity index (χ4n) is 1.57. The van der Waals surface area contributed by atoms with E-state index in [0.717, 1.165) is 10.0 Å². The Kier molecular flexibility index (Phi) is 3.92. The first kappa shape index (κ1) is 12.7. The van der Waals surface area contributed by atoms with Gasteiger partial charge in [0.1, 0.15) is 17.6 Å². The SMILES string of the molecule is CCC(O)c1ccc(-c2ccc(Br)cc2Cl)o1. The molecule has 1 aromatic heterocycles. The minimum absolute atomic E-state index is 0.557. The van der Waals surface area contributed by atoms with Gasteiger partial charge in [0.25, 0.3) is 0 Å². The van der Waals surface area contributed by atoms with E-state index in [-0.39, 0.29) is 0 Å². The maximum absolute atomic E-state index is 9.67. The molecule has 1 heterocycles. The zero-order valence-corrected chi connectivity index (χ0v) is 11.6. The van der Waals surface area contributed by atoms with Gasteiger partial charge in [-0.2, -0.15) is 0 Å². The first-order valence-electron chi connectivity index (χ1n) is 5.35. The van der Waals surface area contributed by atoms with E-state index in [1.807, 2.05) is 31.2 Å². The monoisotopic (exact) mass is 314 g/mol. The highest BCUT2D eigenvalue weighted by Gasteiger charge is 2.13. The van der Waals surface area contributed by atoms with Crippen molar-refractivity contribution in [3.8, 4) is 11.3 Å². The number of furan rings is 1. The van der Waals surface area contributed by atoms with Crippen molar-refractivity contribution in [2.24, 2.45) is 0 Å². The summed E-state index contributed by atoms with van der Waals surface area (Å²) in [4.78, 5) is 0. The normalized spacial score (nSPS) is 12.7. The molecule has 0 bridgehead atoms. The summed E-state index contributed by atoms with van der Waals surface area (Å²) in [6.07, 6.45) is 0.0686. The largest absolute Gasteiger partial charge is 0.458 e. The molecule has 0 fully saturated rings. The molecule has 0 saturated carbocycles. The van der Waals surface area contributed by atoms with Gasteiger partial charge < -0.3 is 9.52 Å². The lowest BCUT2D eigenvalue weighted by Crippen LogP contribution is -1.91. The molecule has 0 amide bonds. The van der Waals surface area contributed by atoms with Crippen LogP contribution < -0.4 is 0 Å². The van der Waals surface area contributed by atoms with Crippen molar-refractivity contribution in [1.29, 1.82) is 0 Å². The average Bonchev–Trinajstić information content (AvgIpc) is 2.77. The van der Waals surface area contributed by atoms with E-state index < -0.39 is 6.10 Å². The molecule has 2 nitrogen and oxygen atoms in total. The maximum atomic E-state index is 9.67. The van der Waals surface area contributed by atoms with Gasteiger partial charge in [-0.3, -0.25) is 0 Å². The highest BCUT2D eigenvalue weighted by atomic mass is 79.9. The number of halogens is 2. The molecule has 0 saturated heterocycles. The van der Waals surface area contributed by atoms with Gasteiger partial charge in [0, 0.05) is 10.0 Å². The quantitative estimate of drug-likeness (QED) is 0.882. The summed E-state index contributed by atoms with van der Waals surface area (Å²) in [6.45, 7) is 1.90. The number of hydrogen-bond acceptors (Lipinski definition) is 2. The highest BCUT2D eigenvalue weighted by molar-refractivity contribution is 9.10. The third-order valence-corrected chi connectivity index (χ3v) is 3.34. The van der Waals surface area contributed by atoms with Crippen LogP contribution in [0.15, 0.2) is 39.2 Å². The Morgan fingerprint density at radius 2 is 2.12 bits per heavy atom. The lowest BCUT2D eigenvalue weighted by Gasteiger charge is -2.04. The van der Waals surface area contributed by atoms with E-state index in [1.165, 1.54) is 0 Å². The molecule has 1 aromatic carbocycles. The van der Waals surface area contributed by atoms with Crippen LogP contribution in [0.5, 0.6) is 0 Å². The Balaban J connectivity index is 2.37. The van der Waals surface area contributed by atoms with Crippen molar-refractivity contribution in [3.05, 3.63) is 45.6 Å². The van der Waals surface area contributed by atoms with Crippen LogP contribution in [0.4, 0.5) is 0 Å². The van der Waals surface area contributed by atoms with Crippen LogP contribution >= 0.6 is 27.5 Å². The zero-order valence-electron chi connectivity index (χ0n) is 9.28. The van der Waals surface area contributed by atoms with Crippen LogP contribution in [-0.4, -0.2) is 5.11 Å². The molecule has 2 aromatic rings. The second-order valence-corrected chi connectivity index (χ2v) is 5.07. The number of aliphatic hydroxyl groups excluding tert-OH is 1. The molecule has 17 heavy (non-hydrogen) atoms. The molecule has 1 atom stereocenters. The van der Waals surface area contributed by atoms with E-state index in [9.17, 15) is 5.11 Å². The van der Waals surface area contributed by atoms with E-state index in [0.29, 0.717) is 23.0 Å². The summed E-state index contributed by atoms with van der Waals surface area (Å²) in [7, 11) is 0. The summed E-state index contributed by atoms with van der Waals surface area (Å²) in [6, 6.07) is 9.20. The predicted molar refractivity (Wildman–Crippen MR) is 72.1 cm³/mol. The molecular weight excluding hydrogens is 303 g/mol. The minimum Gasteiger partial charge on any atom is -0.458 e. The van der Waals surface area contributed by atoms with Crippen LogP contribution in [0, 0.1) is 0 Å². The van der Waals surface area contributed by atoms with Crippen LogP contribution in [0.25, 0.3) is 11.3 Å². The second kappa shape index (κ2) is 5.25. The van der Waals surface area contributed by atoms with E-state index in [1.54, 1.807) is 6.07 Å². The summed E-state index contributed by atoms with van der Waals surface area (Å²) in [5.74, 6) is 1.24. The molecular formula is C13H12BrClO2. The van der Waals surface area contributed by atoms with Crippen LogP contribution in [0.2, 0.25) is 5.02 Å². The number of hydrogen-bond donors (Lipinski definition) is 1. The van der Waals surface area contributed by atoms with Crippen molar-refractivity contribution < 1.29 is 9.52 Å². The van der Waals surface area contributed by atoms with Crippen LogP contribution in [0.3, 0.4) is 0 Å². The highest BCUT2D eigenvalue weighted by Crippen LogP contribution is 2.33. The number of rotatable bonds is 3. The molecule has 2 rings (SSSR count). The van der Waals surface area contributed by atoms with Gasteiger partial charge in [-0.05, 0) is 36.8 Å². The van der Waals surface area contributed by atoms with Crippen LogP contribution in [0.1, 0.15) is 25.2 Å². The van der Waals surface area contributed by atoms with Gasteiger partial charge in [-0.15, -0.1) is 0 Å². The number of benzene rings is 1. The summed E-state index contributed by atoms with van der Waals surface area (Å²) >= 11 is 9.49. The average molecular weight is 316 g/mol. The molecule has 0 aliphatic rings. The first-order valence-corrected chi connectivity index (χ1v) is 6.52. The van der Waals surface area contributed by atoms with Crippen LogP contribution in [-0.2, 0) is 0 Å². The Hall–Kier alpha value is -0.770. The lowest BCUT2D eigenvalue weighted by atomic mass is 10.2. The van der Waals surface area contributed by atoms with Gasteiger partial charge in [0.2, 0.25) is 0 Å².